The van der Waals surface area contributed by atoms with Crippen molar-refractivity contribution >= 4 is 27.9 Å². The van der Waals surface area contributed by atoms with Gasteiger partial charge in [0.25, 0.3) is 0 Å². The Morgan fingerprint density at radius 1 is 1.33 bits per heavy atom. The predicted molar refractivity (Wildman–Crippen MR) is 88.9 cm³/mol. The van der Waals surface area contributed by atoms with Gasteiger partial charge >= 0.3 is 0 Å². The van der Waals surface area contributed by atoms with E-state index in [9.17, 15) is 4.79 Å². The van der Waals surface area contributed by atoms with Crippen LogP contribution in [-0.4, -0.2) is 36.0 Å². The van der Waals surface area contributed by atoms with E-state index >= 15 is 0 Å². The molecule has 0 aliphatic carbocycles. The van der Waals surface area contributed by atoms with Gasteiger partial charge in [-0.2, -0.15) is 0 Å². The summed E-state index contributed by atoms with van der Waals surface area (Å²) in [6.45, 7) is 0. The van der Waals surface area contributed by atoms with E-state index in [4.69, 9.17) is 0 Å². The molecule has 1 N–H and O–H groups in total. The summed E-state index contributed by atoms with van der Waals surface area (Å²) in [5.41, 5.74) is 1.03. The molecule has 0 radical (unpaired) electrons. The maximum absolute atomic E-state index is 12.1. The molecule has 0 saturated carbocycles. The molecule has 2 unspecified atom stereocenters. The molecule has 0 spiro atoms. The number of halogens is 1. The van der Waals surface area contributed by atoms with Crippen LogP contribution in [0.25, 0.3) is 6.08 Å². The molecule has 2 saturated heterocycles. The fraction of sp³-hybridized carbons (Fsp3) is 0.471. The molecule has 3 rings (SSSR count). The van der Waals surface area contributed by atoms with Crippen LogP contribution < -0.4 is 5.32 Å². The van der Waals surface area contributed by atoms with Gasteiger partial charge in [0.15, 0.2) is 0 Å². The molecule has 3 nitrogen and oxygen atoms in total. The lowest BCUT2D eigenvalue weighted by molar-refractivity contribution is -0.117. The second-order valence-electron chi connectivity index (χ2n) is 6.12. The number of benzene rings is 1. The highest BCUT2D eigenvalue weighted by Crippen LogP contribution is 2.34. The molecule has 2 bridgehead atoms. The van der Waals surface area contributed by atoms with E-state index in [-0.39, 0.29) is 5.91 Å². The van der Waals surface area contributed by atoms with Crippen LogP contribution in [0.15, 0.2) is 34.8 Å². The third kappa shape index (κ3) is 3.55. The molecule has 2 aliphatic rings. The van der Waals surface area contributed by atoms with E-state index < -0.39 is 0 Å². The van der Waals surface area contributed by atoms with Gasteiger partial charge in [-0.25, -0.2) is 0 Å². The van der Waals surface area contributed by atoms with Crippen LogP contribution >= 0.6 is 15.9 Å². The van der Waals surface area contributed by atoms with Crippen LogP contribution in [0, 0.1) is 0 Å². The van der Waals surface area contributed by atoms with E-state index in [0.717, 1.165) is 22.9 Å². The summed E-state index contributed by atoms with van der Waals surface area (Å²) in [6, 6.07) is 9.58. The Morgan fingerprint density at radius 3 is 2.71 bits per heavy atom. The molecule has 2 atom stereocenters. The average molecular weight is 349 g/mol. The highest BCUT2D eigenvalue weighted by molar-refractivity contribution is 9.10. The molecule has 21 heavy (non-hydrogen) atoms. The van der Waals surface area contributed by atoms with Crippen LogP contribution in [0.1, 0.15) is 31.2 Å². The molecular formula is C17H21BrN2O. The summed E-state index contributed by atoms with van der Waals surface area (Å²) in [5, 5.41) is 3.16. The van der Waals surface area contributed by atoms with Gasteiger partial charge in [-0.15, -0.1) is 0 Å². The molecule has 0 aromatic heterocycles. The van der Waals surface area contributed by atoms with Crippen LogP contribution in [0.3, 0.4) is 0 Å². The first-order chi connectivity index (χ1) is 10.1. The number of hydrogen-bond donors (Lipinski definition) is 1. The van der Waals surface area contributed by atoms with Crippen LogP contribution in [0.2, 0.25) is 0 Å². The van der Waals surface area contributed by atoms with E-state index in [0.29, 0.717) is 18.1 Å². The van der Waals surface area contributed by atoms with Crippen molar-refractivity contribution in [3.63, 3.8) is 0 Å². The number of nitrogens with zero attached hydrogens (tertiary/aromatic N) is 1. The van der Waals surface area contributed by atoms with Crippen molar-refractivity contribution in [2.45, 2.75) is 43.8 Å². The number of rotatable bonds is 3. The Kier molecular flexibility index (Phi) is 4.45. The fourth-order valence-electron chi connectivity index (χ4n) is 3.56. The largest absolute Gasteiger partial charge is 0.350 e. The average Bonchev–Trinajstić information content (AvgIpc) is 2.68. The Hall–Kier alpha value is -1.13. The van der Waals surface area contributed by atoms with E-state index in [1.54, 1.807) is 6.08 Å². The molecule has 2 fully saturated rings. The molecule has 4 heteroatoms. The molecule has 2 heterocycles. The number of hydrogen-bond acceptors (Lipinski definition) is 2. The summed E-state index contributed by atoms with van der Waals surface area (Å²) in [6.07, 6.45) is 8.24. The first-order valence-corrected chi connectivity index (χ1v) is 8.37. The Balaban J connectivity index is 1.55. The molecular weight excluding hydrogens is 328 g/mol. The second kappa shape index (κ2) is 6.32. The number of nitrogens with one attached hydrogen (secondary N) is 1. The smallest absolute Gasteiger partial charge is 0.244 e. The summed E-state index contributed by atoms with van der Waals surface area (Å²) in [7, 11) is 2.22. The molecule has 1 aromatic rings. The molecule has 1 aromatic carbocycles. The lowest BCUT2D eigenvalue weighted by atomic mass is 9.98. The van der Waals surface area contributed by atoms with Gasteiger partial charge in [0, 0.05) is 28.7 Å². The maximum Gasteiger partial charge on any atom is 0.244 e. The number of fused-ring (bicyclic) bond motifs is 2. The Bertz CT molecular complexity index is 543. The van der Waals surface area contributed by atoms with Gasteiger partial charge in [-0.05, 0) is 56.5 Å². The van der Waals surface area contributed by atoms with Crippen molar-refractivity contribution in [2.24, 2.45) is 0 Å². The molecule has 2 aliphatic heterocycles. The first-order valence-electron chi connectivity index (χ1n) is 7.58. The standard InChI is InChI=1S/C17H21BrN2O/c1-20-15-6-7-16(20)11-14(10-15)19-17(21)8-5-12-3-2-4-13(18)9-12/h2-5,8-9,14-16H,6-7,10-11H2,1H3,(H,19,21)/b8-5+. The number of carbonyl (C=O) groups excluding carboxylic acids is 1. The molecule has 112 valence electrons. The Labute approximate surface area is 134 Å². The third-order valence-corrected chi connectivity index (χ3v) is 5.21. The summed E-state index contributed by atoms with van der Waals surface area (Å²) in [4.78, 5) is 14.5. The second-order valence-corrected chi connectivity index (χ2v) is 7.03. The van der Waals surface area contributed by atoms with E-state index in [2.05, 4.69) is 33.2 Å². The number of piperidine rings is 1. The lowest BCUT2D eigenvalue weighted by Gasteiger charge is -2.36. The van der Waals surface area contributed by atoms with Gasteiger partial charge < -0.3 is 10.2 Å². The van der Waals surface area contributed by atoms with Crippen molar-refractivity contribution in [3.8, 4) is 0 Å². The topological polar surface area (TPSA) is 32.3 Å². The SMILES string of the molecule is CN1C2CCC1CC(NC(=O)/C=C/c1cccc(Br)c1)C2. The summed E-state index contributed by atoms with van der Waals surface area (Å²) >= 11 is 3.44. The third-order valence-electron chi connectivity index (χ3n) is 4.72. The van der Waals surface area contributed by atoms with Crippen molar-refractivity contribution in [2.75, 3.05) is 7.05 Å². The minimum absolute atomic E-state index is 0.0175. The first kappa shape index (κ1) is 14.8. The zero-order valence-corrected chi connectivity index (χ0v) is 13.8. The van der Waals surface area contributed by atoms with Gasteiger partial charge in [0.1, 0.15) is 0 Å². The zero-order chi connectivity index (χ0) is 14.8. The molecule has 1 amide bonds. The van der Waals surface area contributed by atoms with Crippen molar-refractivity contribution in [3.05, 3.63) is 40.4 Å². The predicted octanol–water partition coefficient (Wildman–Crippen LogP) is 3.20. The van der Waals surface area contributed by atoms with Gasteiger partial charge in [0.05, 0.1) is 0 Å². The minimum atomic E-state index is 0.0175. The monoisotopic (exact) mass is 348 g/mol. The maximum atomic E-state index is 12.1. The van der Waals surface area contributed by atoms with Crippen LogP contribution in [0.5, 0.6) is 0 Å². The van der Waals surface area contributed by atoms with Crippen LogP contribution in [0.4, 0.5) is 0 Å². The fourth-order valence-corrected chi connectivity index (χ4v) is 3.98. The van der Waals surface area contributed by atoms with Gasteiger partial charge in [-0.3, -0.25) is 4.79 Å². The summed E-state index contributed by atoms with van der Waals surface area (Å²) < 4.78 is 1.02. The van der Waals surface area contributed by atoms with E-state index in [1.165, 1.54) is 12.8 Å². The normalized spacial score (nSPS) is 29.0. The van der Waals surface area contributed by atoms with Crippen molar-refractivity contribution in [1.29, 1.82) is 0 Å². The van der Waals surface area contributed by atoms with Gasteiger partial charge in [0.2, 0.25) is 5.91 Å². The highest BCUT2D eigenvalue weighted by atomic mass is 79.9. The Morgan fingerprint density at radius 2 is 2.05 bits per heavy atom. The van der Waals surface area contributed by atoms with Crippen molar-refractivity contribution < 1.29 is 4.79 Å². The van der Waals surface area contributed by atoms with Gasteiger partial charge in [-0.1, -0.05) is 28.1 Å². The van der Waals surface area contributed by atoms with Crippen molar-refractivity contribution in [1.82, 2.24) is 10.2 Å². The minimum Gasteiger partial charge on any atom is -0.350 e. The number of amides is 1. The lowest BCUT2D eigenvalue weighted by Crippen LogP contribution is -2.48. The zero-order valence-electron chi connectivity index (χ0n) is 12.3. The quantitative estimate of drug-likeness (QED) is 0.850. The van der Waals surface area contributed by atoms with Crippen LogP contribution in [-0.2, 0) is 4.79 Å². The van der Waals surface area contributed by atoms with E-state index in [1.807, 2.05) is 30.3 Å². The highest BCUT2D eigenvalue weighted by Gasteiger charge is 2.38. The summed E-state index contributed by atoms with van der Waals surface area (Å²) in [5.74, 6) is 0.0175. The number of carbonyl (C=O) groups is 1.